The second-order valence-corrected chi connectivity index (χ2v) is 6.87. The van der Waals surface area contributed by atoms with Gasteiger partial charge in [0.25, 0.3) is 5.91 Å². The Labute approximate surface area is 171 Å². The molecule has 9 heteroatoms. The van der Waals surface area contributed by atoms with Gasteiger partial charge in [-0.05, 0) is 30.7 Å². The Bertz CT molecular complexity index is 1020. The van der Waals surface area contributed by atoms with Crippen LogP contribution < -0.4 is 10.1 Å². The number of nitrogens with one attached hydrogen (secondary N) is 1. The molecule has 0 aromatic heterocycles. The van der Waals surface area contributed by atoms with Crippen LogP contribution in [-0.4, -0.2) is 34.2 Å². The van der Waals surface area contributed by atoms with Crippen molar-refractivity contribution in [2.24, 2.45) is 0 Å². The van der Waals surface area contributed by atoms with Gasteiger partial charge in [0.15, 0.2) is 11.5 Å². The van der Waals surface area contributed by atoms with Crippen molar-refractivity contribution < 1.29 is 34.1 Å². The number of amides is 1. The lowest BCUT2D eigenvalue weighted by atomic mass is 9.95. The van der Waals surface area contributed by atoms with Crippen molar-refractivity contribution in [3.05, 3.63) is 46.0 Å². The van der Waals surface area contributed by atoms with Crippen LogP contribution in [0.1, 0.15) is 46.5 Å². The molecule has 0 spiro atoms. The maximum atomic E-state index is 12.8. The topological polar surface area (TPSA) is 122 Å². The van der Waals surface area contributed by atoms with Crippen molar-refractivity contribution in [2.75, 3.05) is 5.32 Å². The molecule has 3 N–H and O–H groups in total. The molecule has 0 fully saturated rings. The molecule has 0 saturated carbocycles. The van der Waals surface area contributed by atoms with Crippen molar-refractivity contribution in [3.8, 4) is 17.2 Å². The summed E-state index contributed by atoms with van der Waals surface area (Å²) in [7, 11) is 0. The monoisotopic (exact) mass is 419 g/mol. The largest absolute Gasteiger partial charge is 0.506 e. The van der Waals surface area contributed by atoms with Gasteiger partial charge in [0.1, 0.15) is 17.4 Å². The number of rotatable bonds is 4. The molecule has 2 aromatic carbocycles. The maximum absolute atomic E-state index is 12.8. The zero-order chi connectivity index (χ0) is 21.3. The zero-order valence-corrected chi connectivity index (χ0v) is 16.4. The first kappa shape index (κ1) is 20.5. The lowest BCUT2D eigenvalue weighted by molar-refractivity contribution is -0.134. The van der Waals surface area contributed by atoms with E-state index in [-0.39, 0.29) is 39.8 Å². The molecule has 0 bridgehead atoms. The number of cyclic esters (lactones) is 1. The molecule has 8 nitrogen and oxygen atoms in total. The van der Waals surface area contributed by atoms with E-state index >= 15 is 0 Å². The van der Waals surface area contributed by atoms with Gasteiger partial charge in [0.2, 0.25) is 0 Å². The fourth-order valence-corrected chi connectivity index (χ4v) is 3.23. The van der Waals surface area contributed by atoms with Crippen LogP contribution in [0.15, 0.2) is 24.3 Å². The third-order valence-corrected chi connectivity index (χ3v) is 4.69. The summed E-state index contributed by atoms with van der Waals surface area (Å²) in [6.07, 6.45) is -0.0441. The molecule has 2 aromatic rings. The summed E-state index contributed by atoms with van der Waals surface area (Å²) in [6.45, 7) is 3.27. The van der Waals surface area contributed by atoms with Gasteiger partial charge >= 0.3 is 11.9 Å². The second kappa shape index (κ2) is 8.00. The van der Waals surface area contributed by atoms with Crippen LogP contribution in [0, 0.1) is 0 Å². The summed E-state index contributed by atoms with van der Waals surface area (Å²) >= 11 is 6.23. The summed E-state index contributed by atoms with van der Waals surface area (Å²) in [6, 6.07) is 5.38. The van der Waals surface area contributed by atoms with Gasteiger partial charge in [-0.1, -0.05) is 24.6 Å². The summed E-state index contributed by atoms with van der Waals surface area (Å²) < 4.78 is 10.2. The lowest BCUT2D eigenvalue weighted by Crippen LogP contribution is -2.26. The second-order valence-electron chi connectivity index (χ2n) is 6.46. The molecule has 29 heavy (non-hydrogen) atoms. The molecule has 152 valence electrons. The van der Waals surface area contributed by atoms with E-state index in [1.54, 1.807) is 13.8 Å². The van der Waals surface area contributed by atoms with Crippen LogP contribution in [0.2, 0.25) is 5.02 Å². The minimum Gasteiger partial charge on any atom is -0.506 e. The Balaban J connectivity index is 1.98. The van der Waals surface area contributed by atoms with E-state index in [9.17, 15) is 24.6 Å². The van der Waals surface area contributed by atoms with Crippen molar-refractivity contribution in [1.82, 2.24) is 0 Å². The number of esters is 2. The van der Waals surface area contributed by atoms with Crippen LogP contribution in [0.25, 0.3) is 0 Å². The summed E-state index contributed by atoms with van der Waals surface area (Å²) in [4.78, 5) is 36.6. The SMILES string of the molecule is CCC(=O)Oc1c(O)cccc1NC(=O)c1cc(Cl)c2c(c1O)C(=O)OC(C)C2. The van der Waals surface area contributed by atoms with Crippen molar-refractivity contribution >= 4 is 35.1 Å². The van der Waals surface area contributed by atoms with Crippen LogP contribution in [0.5, 0.6) is 17.2 Å². The summed E-state index contributed by atoms with van der Waals surface area (Å²) in [5.74, 6) is -3.36. The predicted octanol–water partition coefficient (Wildman–Crippen LogP) is 3.42. The first-order valence-corrected chi connectivity index (χ1v) is 9.20. The average Bonchev–Trinajstić information content (AvgIpc) is 2.66. The average molecular weight is 420 g/mol. The van der Waals surface area contributed by atoms with Gasteiger partial charge in [-0.3, -0.25) is 9.59 Å². The molecule has 1 aliphatic heterocycles. The normalized spacial score (nSPS) is 15.3. The highest BCUT2D eigenvalue weighted by Gasteiger charge is 2.32. The number of ether oxygens (including phenoxy) is 2. The number of halogens is 1. The number of benzene rings is 2. The predicted molar refractivity (Wildman–Crippen MR) is 104 cm³/mol. The number of aromatic hydroxyl groups is 2. The highest BCUT2D eigenvalue weighted by Crippen LogP contribution is 2.38. The summed E-state index contributed by atoms with van der Waals surface area (Å²) in [5, 5.41) is 23.1. The number of carbonyl (C=O) groups is 3. The molecule has 0 aliphatic carbocycles. The van der Waals surface area contributed by atoms with E-state index in [4.69, 9.17) is 21.1 Å². The number of hydrogen-bond acceptors (Lipinski definition) is 7. The van der Waals surface area contributed by atoms with Crippen LogP contribution in [-0.2, 0) is 16.0 Å². The van der Waals surface area contributed by atoms with Crippen LogP contribution in [0.3, 0.4) is 0 Å². The number of carbonyl (C=O) groups excluding carboxylic acids is 3. The van der Waals surface area contributed by atoms with Gasteiger partial charge < -0.3 is 25.0 Å². The molecule has 1 unspecified atom stereocenters. The smallest absolute Gasteiger partial charge is 0.342 e. The van der Waals surface area contributed by atoms with E-state index in [1.807, 2.05) is 0 Å². The molecule has 1 atom stereocenters. The van der Waals surface area contributed by atoms with E-state index in [0.29, 0.717) is 12.0 Å². The first-order chi connectivity index (χ1) is 13.7. The number of anilines is 1. The van der Waals surface area contributed by atoms with E-state index in [2.05, 4.69) is 5.32 Å². The Kier molecular flexibility index (Phi) is 5.65. The zero-order valence-electron chi connectivity index (χ0n) is 15.6. The standard InChI is InChI=1S/C20H18ClNO7/c1-3-15(24)29-18-13(5-4-6-14(18)23)22-19(26)11-8-12(21)10-7-9(2)28-20(27)16(10)17(11)25/h4-6,8-9,23,25H,3,7H2,1-2H3,(H,22,26). The molecular weight excluding hydrogens is 402 g/mol. The van der Waals surface area contributed by atoms with Crippen molar-refractivity contribution in [3.63, 3.8) is 0 Å². The fraction of sp³-hybridized carbons (Fsp3) is 0.250. The van der Waals surface area contributed by atoms with Gasteiger partial charge in [-0.25, -0.2) is 4.79 Å². The Morgan fingerprint density at radius 3 is 2.76 bits per heavy atom. The Hall–Kier alpha value is -3.26. The minimum absolute atomic E-state index is 0.00115. The highest BCUT2D eigenvalue weighted by molar-refractivity contribution is 6.32. The number of fused-ring (bicyclic) bond motifs is 1. The Morgan fingerprint density at radius 2 is 2.07 bits per heavy atom. The van der Waals surface area contributed by atoms with E-state index in [0.717, 1.165) is 0 Å². The molecule has 1 heterocycles. The quantitative estimate of drug-likeness (QED) is 0.512. The van der Waals surface area contributed by atoms with E-state index < -0.39 is 29.7 Å². The Morgan fingerprint density at radius 1 is 1.34 bits per heavy atom. The molecule has 1 amide bonds. The molecule has 0 saturated heterocycles. The number of phenols is 2. The van der Waals surface area contributed by atoms with E-state index in [1.165, 1.54) is 24.3 Å². The van der Waals surface area contributed by atoms with Gasteiger partial charge in [-0.15, -0.1) is 0 Å². The molecular formula is C20H18ClNO7. The maximum Gasteiger partial charge on any atom is 0.342 e. The first-order valence-electron chi connectivity index (χ1n) is 8.82. The third kappa shape index (κ3) is 3.97. The summed E-state index contributed by atoms with van der Waals surface area (Å²) in [5.41, 5.74) is -0.0220. The minimum atomic E-state index is -0.821. The highest BCUT2D eigenvalue weighted by atomic mass is 35.5. The van der Waals surface area contributed by atoms with Gasteiger partial charge in [0.05, 0.1) is 11.3 Å². The van der Waals surface area contributed by atoms with Crippen LogP contribution >= 0.6 is 11.6 Å². The van der Waals surface area contributed by atoms with Crippen molar-refractivity contribution in [1.29, 1.82) is 0 Å². The fourth-order valence-electron chi connectivity index (χ4n) is 2.95. The van der Waals surface area contributed by atoms with Gasteiger partial charge in [0, 0.05) is 17.9 Å². The molecule has 3 rings (SSSR count). The van der Waals surface area contributed by atoms with Gasteiger partial charge in [-0.2, -0.15) is 0 Å². The number of hydrogen-bond donors (Lipinski definition) is 3. The van der Waals surface area contributed by atoms with Crippen LogP contribution in [0.4, 0.5) is 5.69 Å². The number of phenolic OH excluding ortho intramolecular Hbond substituents is 2. The number of para-hydroxylation sites is 1. The third-order valence-electron chi connectivity index (χ3n) is 4.35. The molecule has 1 aliphatic rings. The lowest BCUT2D eigenvalue weighted by Gasteiger charge is -2.24. The van der Waals surface area contributed by atoms with Crippen molar-refractivity contribution in [2.45, 2.75) is 32.8 Å². The molecule has 0 radical (unpaired) electrons.